The SMILES string of the molecule is Cc1cn(C/C(F)=C/c2ccc(Br)cc2)c(=O)[nH]c1=O. The van der Waals surface area contributed by atoms with E-state index in [0.29, 0.717) is 11.1 Å². The Morgan fingerprint density at radius 2 is 2.00 bits per heavy atom. The molecule has 0 fully saturated rings. The molecule has 1 N–H and O–H groups in total. The highest BCUT2D eigenvalue weighted by Gasteiger charge is 2.03. The molecule has 0 radical (unpaired) electrons. The highest BCUT2D eigenvalue weighted by Crippen LogP contribution is 2.14. The van der Waals surface area contributed by atoms with Gasteiger partial charge < -0.3 is 0 Å². The van der Waals surface area contributed by atoms with E-state index in [2.05, 4.69) is 20.9 Å². The Balaban J connectivity index is 2.25. The zero-order chi connectivity index (χ0) is 14.7. The van der Waals surface area contributed by atoms with E-state index in [1.54, 1.807) is 31.2 Å². The number of hydrogen-bond acceptors (Lipinski definition) is 2. The number of nitrogens with one attached hydrogen (secondary N) is 1. The number of H-pyrrole nitrogens is 1. The minimum absolute atomic E-state index is 0.216. The normalized spacial score (nSPS) is 11.7. The van der Waals surface area contributed by atoms with Gasteiger partial charge in [-0.05, 0) is 30.7 Å². The third-order valence-corrected chi connectivity index (χ3v) is 3.23. The lowest BCUT2D eigenvalue weighted by atomic mass is 10.2. The lowest BCUT2D eigenvalue weighted by molar-refractivity contribution is 0.546. The fourth-order valence-corrected chi connectivity index (χ4v) is 1.95. The molecule has 0 spiro atoms. The third-order valence-electron chi connectivity index (χ3n) is 2.70. The predicted molar refractivity (Wildman–Crippen MR) is 79.3 cm³/mol. The second-order valence-corrected chi connectivity index (χ2v) is 5.26. The van der Waals surface area contributed by atoms with Gasteiger partial charge in [-0.15, -0.1) is 0 Å². The summed E-state index contributed by atoms with van der Waals surface area (Å²) in [5, 5.41) is 0. The van der Waals surface area contributed by atoms with Gasteiger partial charge in [0.1, 0.15) is 5.83 Å². The smallest absolute Gasteiger partial charge is 0.294 e. The minimum atomic E-state index is -0.625. The van der Waals surface area contributed by atoms with Gasteiger partial charge in [0.15, 0.2) is 0 Å². The summed E-state index contributed by atoms with van der Waals surface area (Å²) in [5.41, 5.74) is -0.0237. The minimum Gasteiger partial charge on any atom is -0.294 e. The summed E-state index contributed by atoms with van der Waals surface area (Å²) >= 11 is 3.30. The maximum Gasteiger partial charge on any atom is 0.328 e. The van der Waals surface area contributed by atoms with Crippen LogP contribution in [0.1, 0.15) is 11.1 Å². The van der Waals surface area contributed by atoms with Gasteiger partial charge in [0.2, 0.25) is 0 Å². The van der Waals surface area contributed by atoms with Gasteiger partial charge >= 0.3 is 5.69 Å². The largest absolute Gasteiger partial charge is 0.328 e. The van der Waals surface area contributed by atoms with Crippen molar-refractivity contribution in [1.29, 1.82) is 0 Å². The highest BCUT2D eigenvalue weighted by molar-refractivity contribution is 9.10. The molecule has 0 aliphatic heterocycles. The Morgan fingerprint density at radius 3 is 2.65 bits per heavy atom. The average Bonchev–Trinajstić information content (AvgIpc) is 2.39. The fourth-order valence-electron chi connectivity index (χ4n) is 1.68. The topological polar surface area (TPSA) is 54.9 Å². The Hall–Kier alpha value is -1.95. The molecule has 4 nitrogen and oxygen atoms in total. The average molecular weight is 339 g/mol. The van der Waals surface area contributed by atoms with Gasteiger partial charge in [-0.3, -0.25) is 14.3 Å². The molecule has 0 bridgehead atoms. The van der Waals surface area contributed by atoms with Crippen LogP contribution in [-0.2, 0) is 6.54 Å². The van der Waals surface area contributed by atoms with Crippen LogP contribution in [0.2, 0.25) is 0 Å². The summed E-state index contributed by atoms with van der Waals surface area (Å²) < 4.78 is 15.9. The monoisotopic (exact) mass is 338 g/mol. The van der Waals surface area contributed by atoms with Gasteiger partial charge in [0.05, 0.1) is 6.54 Å². The molecule has 0 amide bonds. The Morgan fingerprint density at radius 1 is 1.35 bits per heavy atom. The number of hydrogen-bond donors (Lipinski definition) is 1. The third kappa shape index (κ3) is 3.54. The summed E-state index contributed by atoms with van der Waals surface area (Å²) in [6, 6.07) is 7.11. The number of benzene rings is 1. The Bertz CT molecular complexity index is 760. The van der Waals surface area contributed by atoms with E-state index >= 15 is 0 Å². The van der Waals surface area contributed by atoms with Gasteiger partial charge in [0.25, 0.3) is 5.56 Å². The number of aromatic nitrogens is 2. The molecule has 0 unspecified atom stereocenters. The van der Waals surface area contributed by atoms with Crippen molar-refractivity contribution in [3.05, 3.63) is 72.7 Å². The van der Waals surface area contributed by atoms with E-state index in [9.17, 15) is 14.0 Å². The van der Waals surface area contributed by atoms with Gasteiger partial charge in [-0.1, -0.05) is 28.1 Å². The summed E-state index contributed by atoms with van der Waals surface area (Å²) in [7, 11) is 0. The van der Waals surface area contributed by atoms with E-state index in [1.165, 1.54) is 12.3 Å². The molecule has 0 aliphatic carbocycles. The van der Waals surface area contributed by atoms with E-state index in [-0.39, 0.29) is 6.54 Å². The van der Waals surface area contributed by atoms with Crippen LogP contribution < -0.4 is 11.2 Å². The molecular formula is C14H12BrFN2O2. The fraction of sp³-hybridized carbons (Fsp3) is 0.143. The van der Waals surface area contributed by atoms with Crippen LogP contribution in [-0.4, -0.2) is 9.55 Å². The summed E-state index contributed by atoms with van der Waals surface area (Å²) in [4.78, 5) is 24.9. The second-order valence-electron chi connectivity index (χ2n) is 4.34. The van der Waals surface area contributed by atoms with E-state index in [0.717, 1.165) is 9.04 Å². The molecule has 2 rings (SSSR count). The molecule has 104 valence electrons. The van der Waals surface area contributed by atoms with Crippen LogP contribution in [0.25, 0.3) is 6.08 Å². The lowest BCUT2D eigenvalue weighted by Crippen LogP contribution is -2.30. The van der Waals surface area contributed by atoms with Crippen molar-refractivity contribution in [2.45, 2.75) is 13.5 Å². The first-order valence-corrected chi connectivity index (χ1v) is 6.67. The quantitative estimate of drug-likeness (QED) is 0.935. The molecule has 0 saturated carbocycles. The van der Waals surface area contributed by atoms with E-state index in [4.69, 9.17) is 0 Å². The molecular weight excluding hydrogens is 327 g/mol. The number of nitrogens with zero attached hydrogens (tertiary/aromatic N) is 1. The van der Waals surface area contributed by atoms with Crippen LogP contribution in [0.4, 0.5) is 4.39 Å². The molecule has 0 atom stereocenters. The molecule has 1 aromatic carbocycles. The summed E-state index contributed by atoms with van der Waals surface area (Å²) in [6.07, 6.45) is 2.69. The van der Waals surface area contributed by atoms with Crippen molar-refractivity contribution in [2.75, 3.05) is 0 Å². The molecule has 0 aliphatic rings. The van der Waals surface area contributed by atoms with Crippen LogP contribution in [0.5, 0.6) is 0 Å². The zero-order valence-corrected chi connectivity index (χ0v) is 12.3. The highest BCUT2D eigenvalue weighted by atomic mass is 79.9. The number of aryl methyl sites for hydroxylation is 1. The predicted octanol–water partition coefficient (Wildman–Crippen LogP) is 2.62. The van der Waals surface area contributed by atoms with Crippen molar-refractivity contribution in [2.24, 2.45) is 0 Å². The van der Waals surface area contributed by atoms with Crippen molar-refractivity contribution in [1.82, 2.24) is 9.55 Å². The van der Waals surface area contributed by atoms with Gasteiger partial charge in [-0.2, -0.15) is 0 Å². The molecule has 2 aromatic rings. The number of halogens is 2. The van der Waals surface area contributed by atoms with Crippen molar-refractivity contribution >= 4 is 22.0 Å². The van der Waals surface area contributed by atoms with Crippen molar-refractivity contribution < 1.29 is 4.39 Å². The summed E-state index contributed by atoms with van der Waals surface area (Å²) in [5.74, 6) is -0.471. The number of aromatic amines is 1. The first kappa shape index (κ1) is 14.5. The van der Waals surface area contributed by atoms with E-state index in [1.807, 2.05) is 0 Å². The molecule has 1 heterocycles. The number of allylic oxidation sites excluding steroid dienone is 1. The van der Waals surface area contributed by atoms with Crippen LogP contribution in [0.3, 0.4) is 0 Å². The molecule has 0 saturated heterocycles. The Kier molecular flexibility index (Phi) is 4.34. The molecule has 1 aromatic heterocycles. The van der Waals surface area contributed by atoms with Crippen LogP contribution in [0, 0.1) is 6.92 Å². The number of rotatable bonds is 3. The lowest BCUT2D eigenvalue weighted by Gasteiger charge is -2.04. The van der Waals surface area contributed by atoms with Crippen molar-refractivity contribution in [3.63, 3.8) is 0 Å². The van der Waals surface area contributed by atoms with Gasteiger partial charge in [0, 0.05) is 16.2 Å². The van der Waals surface area contributed by atoms with Crippen LogP contribution in [0.15, 0.2) is 50.4 Å². The maximum absolute atomic E-state index is 13.9. The molecule has 20 heavy (non-hydrogen) atoms. The van der Waals surface area contributed by atoms with Crippen LogP contribution >= 0.6 is 15.9 Å². The standard InChI is InChI=1S/C14H12BrFN2O2/c1-9-7-18(14(20)17-13(9)19)8-12(16)6-10-2-4-11(15)5-3-10/h2-7H,8H2,1H3,(H,17,19,20)/b12-6-. The maximum atomic E-state index is 13.9. The zero-order valence-electron chi connectivity index (χ0n) is 10.7. The van der Waals surface area contributed by atoms with Gasteiger partial charge in [-0.25, -0.2) is 9.18 Å². The first-order chi connectivity index (χ1) is 9.45. The second kappa shape index (κ2) is 6.00. The molecule has 6 heteroatoms. The summed E-state index contributed by atoms with van der Waals surface area (Å²) in [6.45, 7) is 1.34. The van der Waals surface area contributed by atoms with Crippen molar-refractivity contribution in [3.8, 4) is 0 Å². The van der Waals surface area contributed by atoms with E-state index < -0.39 is 17.1 Å². The Labute approximate surface area is 122 Å². The first-order valence-electron chi connectivity index (χ1n) is 5.88.